The van der Waals surface area contributed by atoms with Gasteiger partial charge in [-0.1, -0.05) is 37.1 Å². The molecular formula is C21H26N2O. The number of fused-ring (bicyclic) bond motifs is 2. The Morgan fingerprint density at radius 3 is 2.83 bits per heavy atom. The van der Waals surface area contributed by atoms with E-state index in [1.165, 1.54) is 32.1 Å². The van der Waals surface area contributed by atoms with E-state index in [0.29, 0.717) is 6.04 Å². The zero-order valence-electron chi connectivity index (χ0n) is 14.3. The Morgan fingerprint density at radius 1 is 1.17 bits per heavy atom. The SMILES string of the molecule is C=CCn1cc(C(=O)N2CCC[C@@H]3CCCC[C@H]32)c2ccccc21. The average molecular weight is 322 g/mol. The van der Waals surface area contributed by atoms with Gasteiger partial charge in [-0.2, -0.15) is 0 Å². The molecule has 2 atom stereocenters. The summed E-state index contributed by atoms with van der Waals surface area (Å²) in [5, 5.41) is 1.07. The molecule has 1 saturated carbocycles. The first-order valence-electron chi connectivity index (χ1n) is 9.29. The highest BCUT2D eigenvalue weighted by Gasteiger charge is 2.36. The summed E-state index contributed by atoms with van der Waals surface area (Å²) in [4.78, 5) is 15.6. The fraction of sp³-hybridized carbons (Fsp3) is 0.476. The minimum atomic E-state index is 0.227. The highest BCUT2D eigenvalue weighted by Crippen LogP contribution is 2.36. The molecule has 1 saturated heterocycles. The molecule has 2 aromatic rings. The molecular weight excluding hydrogens is 296 g/mol. The third-order valence-corrected chi connectivity index (χ3v) is 5.85. The van der Waals surface area contributed by atoms with Crippen LogP contribution in [0.4, 0.5) is 0 Å². The number of likely N-dealkylation sites (tertiary alicyclic amines) is 1. The number of hydrogen-bond acceptors (Lipinski definition) is 1. The van der Waals surface area contributed by atoms with Gasteiger partial charge >= 0.3 is 0 Å². The van der Waals surface area contributed by atoms with Crippen molar-refractivity contribution in [2.24, 2.45) is 5.92 Å². The number of rotatable bonds is 3. The van der Waals surface area contributed by atoms with Crippen molar-refractivity contribution in [3.05, 3.63) is 48.7 Å². The van der Waals surface area contributed by atoms with E-state index < -0.39 is 0 Å². The summed E-state index contributed by atoms with van der Waals surface area (Å²) in [7, 11) is 0. The Balaban J connectivity index is 1.71. The molecule has 1 amide bonds. The fourth-order valence-electron chi connectivity index (χ4n) is 4.74. The summed E-state index contributed by atoms with van der Waals surface area (Å²) in [5.41, 5.74) is 1.98. The van der Waals surface area contributed by atoms with Gasteiger partial charge in [0.05, 0.1) is 5.56 Å². The molecule has 0 spiro atoms. The molecule has 2 fully saturated rings. The summed E-state index contributed by atoms with van der Waals surface area (Å²) in [6.07, 6.45) is 11.4. The number of carbonyl (C=O) groups excluding carboxylic acids is 1. The van der Waals surface area contributed by atoms with Crippen LogP contribution in [-0.2, 0) is 6.54 Å². The molecule has 1 aromatic heterocycles. The van der Waals surface area contributed by atoms with Crippen molar-refractivity contribution >= 4 is 16.8 Å². The first-order valence-corrected chi connectivity index (χ1v) is 9.29. The van der Waals surface area contributed by atoms with Gasteiger partial charge in [0, 0.05) is 36.2 Å². The Bertz CT molecular complexity index is 758. The first kappa shape index (κ1) is 15.5. The van der Waals surface area contributed by atoms with Gasteiger partial charge < -0.3 is 9.47 Å². The summed E-state index contributed by atoms with van der Waals surface area (Å²) >= 11 is 0. The van der Waals surface area contributed by atoms with Crippen molar-refractivity contribution in [2.75, 3.05) is 6.54 Å². The molecule has 0 N–H and O–H groups in total. The minimum Gasteiger partial charge on any atom is -0.343 e. The normalized spacial score (nSPS) is 23.9. The molecule has 0 unspecified atom stereocenters. The molecule has 1 aliphatic heterocycles. The zero-order valence-corrected chi connectivity index (χ0v) is 14.3. The predicted octanol–water partition coefficient (Wildman–Crippen LogP) is 4.62. The number of amides is 1. The fourth-order valence-corrected chi connectivity index (χ4v) is 4.74. The lowest BCUT2D eigenvalue weighted by Gasteiger charge is -2.44. The van der Waals surface area contributed by atoms with Gasteiger partial charge in [0.15, 0.2) is 0 Å². The van der Waals surface area contributed by atoms with E-state index in [-0.39, 0.29) is 5.91 Å². The van der Waals surface area contributed by atoms with Crippen molar-refractivity contribution in [3.8, 4) is 0 Å². The quantitative estimate of drug-likeness (QED) is 0.757. The van der Waals surface area contributed by atoms with Crippen molar-refractivity contribution in [2.45, 2.75) is 51.1 Å². The summed E-state index contributed by atoms with van der Waals surface area (Å²) in [5.74, 6) is 0.948. The lowest BCUT2D eigenvalue weighted by atomic mass is 9.78. The monoisotopic (exact) mass is 322 g/mol. The number of nitrogens with zero attached hydrogens (tertiary/aromatic N) is 2. The van der Waals surface area contributed by atoms with Crippen LogP contribution < -0.4 is 0 Å². The first-order chi connectivity index (χ1) is 11.8. The van der Waals surface area contributed by atoms with E-state index in [1.54, 1.807) is 0 Å². The van der Waals surface area contributed by atoms with E-state index in [0.717, 1.165) is 41.9 Å². The van der Waals surface area contributed by atoms with Gasteiger partial charge in [0.1, 0.15) is 0 Å². The maximum absolute atomic E-state index is 13.4. The molecule has 24 heavy (non-hydrogen) atoms. The molecule has 2 heterocycles. The van der Waals surface area contributed by atoms with Crippen LogP contribution in [0.15, 0.2) is 43.1 Å². The number of para-hydroxylation sites is 1. The van der Waals surface area contributed by atoms with Crippen LogP contribution in [0.3, 0.4) is 0 Å². The Labute approximate surface area is 143 Å². The standard InChI is InChI=1S/C21H26N2O/c1-2-13-22-15-18(17-10-4-6-12-20(17)22)21(24)23-14-7-9-16-8-3-5-11-19(16)23/h2,4,6,10,12,15-16,19H,1,3,5,7-9,11,13-14H2/t16-,19+/m0/s1. The number of allylic oxidation sites excluding steroid dienone is 1. The maximum Gasteiger partial charge on any atom is 0.256 e. The Morgan fingerprint density at radius 2 is 1.96 bits per heavy atom. The van der Waals surface area contributed by atoms with Crippen LogP contribution >= 0.6 is 0 Å². The van der Waals surface area contributed by atoms with E-state index in [9.17, 15) is 4.79 Å². The molecule has 0 bridgehead atoms. The largest absolute Gasteiger partial charge is 0.343 e. The number of benzene rings is 1. The second kappa shape index (κ2) is 6.46. The van der Waals surface area contributed by atoms with Crippen LogP contribution in [0.1, 0.15) is 48.9 Å². The van der Waals surface area contributed by atoms with Crippen LogP contribution in [-0.4, -0.2) is 28.0 Å². The summed E-state index contributed by atoms with van der Waals surface area (Å²) in [6.45, 7) is 5.50. The molecule has 4 rings (SSSR count). The number of piperidine rings is 1. The van der Waals surface area contributed by atoms with Crippen molar-refractivity contribution < 1.29 is 4.79 Å². The van der Waals surface area contributed by atoms with Crippen molar-refractivity contribution in [1.82, 2.24) is 9.47 Å². The highest BCUT2D eigenvalue weighted by atomic mass is 16.2. The lowest BCUT2D eigenvalue weighted by molar-refractivity contribution is 0.0392. The van der Waals surface area contributed by atoms with E-state index in [4.69, 9.17) is 0 Å². The second-order valence-corrected chi connectivity index (χ2v) is 7.25. The maximum atomic E-state index is 13.4. The van der Waals surface area contributed by atoms with Gasteiger partial charge in [-0.15, -0.1) is 6.58 Å². The summed E-state index contributed by atoms with van der Waals surface area (Å²) < 4.78 is 2.14. The summed E-state index contributed by atoms with van der Waals surface area (Å²) in [6, 6.07) is 8.69. The van der Waals surface area contributed by atoms with E-state index >= 15 is 0 Å². The molecule has 2 aliphatic rings. The van der Waals surface area contributed by atoms with E-state index in [2.05, 4.69) is 28.2 Å². The van der Waals surface area contributed by atoms with Gasteiger partial charge in [0.2, 0.25) is 0 Å². The highest BCUT2D eigenvalue weighted by molar-refractivity contribution is 6.07. The molecule has 3 heteroatoms. The van der Waals surface area contributed by atoms with Crippen LogP contribution in [0, 0.1) is 5.92 Å². The second-order valence-electron chi connectivity index (χ2n) is 7.25. The van der Waals surface area contributed by atoms with Crippen LogP contribution in [0.5, 0.6) is 0 Å². The predicted molar refractivity (Wildman–Crippen MR) is 98.2 cm³/mol. The molecule has 1 aliphatic carbocycles. The van der Waals surface area contributed by atoms with Crippen molar-refractivity contribution in [1.29, 1.82) is 0 Å². The third kappa shape index (κ3) is 2.56. The average Bonchev–Trinajstić information content (AvgIpc) is 3.00. The van der Waals surface area contributed by atoms with E-state index in [1.807, 2.05) is 24.4 Å². The van der Waals surface area contributed by atoms with Crippen LogP contribution in [0.2, 0.25) is 0 Å². The number of hydrogen-bond donors (Lipinski definition) is 0. The molecule has 126 valence electrons. The van der Waals surface area contributed by atoms with Gasteiger partial charge in [0.25, 0.3) is 5.91 Å². The number of aromatic nitrogens is 1. The Hall–Kier alpha value is -2.03. The topological polar surface area (TPSA) is 25.2 Å². The molecule has 0 radical (unpaired) electrons. The lowest BCUT2D eigenvalue weighted by Crippen LogP contribution is -2.49. The smallest absolute Gasteiger partial charge is 0.256 e. The Kier molecular flexibility index (Phi) is 4.17. The molecule has 3 nitrogen and oxygen atoms in total. The minimum absolute atomic E-state index is 0.227. The van der Waals surface area contributed by atoms with Gasteiger partial charge in [-0.25, -0.2) is 0 Å². The van der Waals surface area contributed by atoms with Gasteiger partial charge in [-0.05, 0) is 37.7 Å². The third-order valence-electron chi connectivity index (χ3n) is 5.85. The van der Waals surface area contributed by atoms with Crippen molar-refractivity contribution in [3.63, 3.8) is 0 Å². The van der Waals surface area contributed by atoms with Gasteiger partial charge in [-0.3, -0.25) is 4.79 Å². The number of carbonyl (C=O) groups is 1. The van der Waals surface area contributed by atoms with Crippen LogP contribution in [0.25, 0.3) is 10.9 Å². The molecule has 1 aromatic carbocycles. The zero-order chi connectivity index (χ0) is 16.5.